The fraction of sp³-hybridized carbons (Fsp3) is 0.600. The second-order valence-electron chi connectivity index (χ2n) is 3.41. The van der Waals surface area contributed by atoms with Gasteiger partial charge in [0.25, 0.3) is 0 Å². The van der Waals surface area contributed by atoms with Crippen LogP contribution in [0.25, 0.3) is 0 Å². The van der Waals surface area contributed by atoms with Crippen molar-refractivity contribution >= 4 is 12.1 Å². The highest BCUT2D eigenvalue weighted by molar-refractivity contribution is 5.85. The molecule has 0 heterocycles. The van der Waals surface area contributed by atoms with E-state index >= 15 is 0 Å². The molecule has 0 saturated heterocycles. The molecule has 0 aromatic rings. The summed E-state index contributed by atoms with van der Waals surface area (Å²) in [5.41, 5.74) is -0.442. The lowest BCUT2D eigenvalue weighted by Gasteiger charge is -2.17. The summed E-state index contributed by atoms with van der Waals surface area (Å²) in [5, 5.41) is 0. The molecule has 0 radical (unpaired) electrons. The monoisotopic (exact) mass is 168 g/mol. The molecule has 0 N–H and O–H groups in total. The van der Waals surface area contributed by atoms with Crippen LogP contribution in [-0.2, 0) is 9.59 Å². The Morgan fingerprint density at radius 3 is 2.50 bits per heavy atom. The van der Waals surface area contributed by atoms with Crippen molar-refractivity contribution in [3.63, 3.8) is 0 Å². The van der Waals surface area contributed by atoms with Gasteiger partial charge in [-0.3, -0.25) is 4.79 Å². The topological polar surface area (TPSA) is 34.1 Å². The molecule has 12 heavy (non-hydrogen) atoms. The maximum atomic E-state index is 11.4. The summed E-state index contributed by atoms with van der Waals surface area (Å²) >= 11 is 0. The number of allylic oxidation sites excluding steroid dienone is 1. The number of Topliss-reactive ketones (excluding diaryl/α,β-unsaturated/α-hetero) is 1. The van der Waals surface area contributed by atoms with Crippen molar-refractivity contribution in [2.24, 2.45) is 5.41 Å². The molecule has 0 aliphatic heterocycles. The van der Waals surface area contributed by atoms with E-state index in [9.17, 15) is 9.59 Å². The number of rotatable bonds is 6. The van der Waals surface area contributed by atoms with Crippen LogP contribution in [0.2, 0.25) is 0 Å². The SMILES string of the molecule is C=CC(C)(C)C(=O)CCCC=O. The number of ketones is 1. The summed E-state index contributed by atoms with van der Waals surface area (Å²) in [6.07, 6.45) is 4.08. The van der Waals surface area contributed by atoms with E-state index in [1.54, 1.807) is 6.08 Å². The van der Waals surface area contributed by atoms with Crippen molar-refractivity contribution in [2.75, 3.05) is 0 Å². The normalized spacial score (nSPS) is 10.8. The van der Waals surface area contributed by atoms with Gasteiger partial charge in [-0.15, -0.1) is 6.58 Å². The van der Waals surface area contributed by atoms with Crippen LogP contribution < -0.4 is 0 Å². The van der Waals surface area contributed by atoms with Crippen LogP contribution >= 0.6 is 0 Å². The van der Waals surface area contributed by atoms with Crippen LogP contribution in [0.1, 0.15) is 33.1 Å². The Labute approximate surface area is 73.7 Å². The third-order valence-electron chi connectivity index (χ3n) is 1.95. The summed E-state index contributed by atoms with van der Waals surface area (Å²) < 4.78 is 0. The summed E-state index contributed by atoms with van der Waals surface area (Å²) in [6.45, 7) is 7.26. The summed E-state index contributed by atoms with van der Waals surface area (Å²) in [4.78, 5) is 21.4. The van der Waals surface area contributed by atoms with E-state index < -0.39 is 5.41 Å². The van der Waals surface area contributed by atoms with Crippen molar-refractivity contribution in [2.45, 2.75) is 33.1 Å². The van der Waals surface area contributed by atoms with E-state index in [4.69, 9.17) is 0 Å². The highest BCUT2D eigenvalue weighted by Gasteiger charge is 2.22. The van der Waals surface area contributed by atoms with Gasteiger partial charge >= 0.3 is 0 Å². The molecule has 68 valence electrons. The Morgan fingerprint density at radius 1 is 1.50 bits per heavy atom. The number of hydrogen-bond acceptors (Lipinski definition) is 2. The van der Waals surface area contributed by atoms with Crippen LogP contribution in [0.4, 0.5) is 0 Å². The lowest BCUT2D eigenvalue weighted by Crippen LogP contribution is -2.20. The molecule has 0 aromatic heterocycles. The molecule has 0 rings (SSSR count). The molecule has 0 bridgehead atoms. The van der Waals surface area contributed by atoms with Gasteiger partial charge in [0.2, 0.25) is 0 Å². The van der Waals surface area contributed by atoms with Gasteiger partial charge in [-0.2, -0.15) is 0 Å². The number of carbonyl (C=O) groups is 2. The van der Waals surface area contributed by atoms with Crippen LogP contribution in [0.3, 0.4) is 0 Å². The lowest BCUT2D eigenvalue weighted by atomic mass is 9.86. The number of unbranched alkanes of at least 4 members (excludes halogenated alkanes) is 1. The zero-order valence-electron chi connectivity index (χ0n) is 7.80. The first-order valence-corrected chi connectivity index (χ1v) is 4.15. The van der Waals surface area contributed by atoms with Crippen molar-refractivity contribution in [1.29, 1.82) is 0 Å². The summed E-state index contributed by atoms with van der Waals surface area (Å²) in [6, 6.07) is 0. The smallest absolute Gasteiger partial charge is 0.142 e. The first-order chi connectivity index (χ1) is 5.54. The quantitative estimate of drug-likeness (QED) is 0.346. The van der Waals surface area contributed by atoms with Crippen LogP contribution in [-0.4, -0.2) is 12.1 Å². The minimum absolute atomic E-state index is 0.152. The molecule has 0 fully saturated rings. The Hall–Kier alpha value is -0.920. The van der Waals surface area contributed by atoms with Crippen molar-refractivity contribution in [1.82, 2.24) is 0 Å². The van der Waals surface area contributed by atoms with E-state index in [1.165, 1.54) is 0 Å². The van der Waals surface area contributed by atoms with Gasteiger partial charge in [0.05, 0.1) is 0 Å². The number of aldehydes is 1. The molecule has 0 spiro atoms. The van der Waals surface area contributed by atoms with E-state index in [2.05, 4.69) is 6.58 Å². The first-order valence-electron chi connectivity index (χ1n) is 4.15. The van der Waals surface area contributed by atoms with Crippen LogP contribution in [0, 0.1) is 5.41 Å². The highest BCUT2D eigenvalue weighted by Crippen LogP contribution is 2.20. The lowest BCUT2D eigenvalue weighted by molar-refractivity contribution is -0.125. The van der Waals surface area contributed by atoms with Gasteiger partial charge in [0.1, 0.15) is 12.1 Å². The first kappa shape index (κ1) is 11.1. The third-order valence-corrected chi connectivity index (χ3v) is 1.95. The van der Waals surface area contributed by atoms with Crippen LogP contribution in [0.5, 0.6) is 0 Å². The summed E-state index contributed by atoms with van der Waals surface area (Å²) in [5.74, 6) is 0.152. The average molecular weight is 168 g/mol. The largest absolute Gasteiger partial charge is 0.303 e. The van der Waals surface area contributed by atoms with E-state index in [0.717, 1.165) is 6.29 Å². The second-order valence-corrected chi connectivity index (χ2v) is 3.41. The van der Waals surface area contributed by atoms with Crippen LogP contribution in [0.15, 0.2) is 12.7 Å². The van der Waals surface area contributed by atoms with Gasteiger partial charge < -0.3 is 4.79 Å². The van der Waals surface area contributed by atoms with Crippen molar-refractivity contribution in [3.05, 3.63) is 12.7 Å². The van der Waals surface area contributed by atoms with Gasteiger partial charge in [0, 0.05) is 18.3 Å². The predicted molar refractivity (Wildman–Crippen MR) is 48.9 cm³/mol. The molecule has 2 heteroatoms. The van der Waals surface area contributed by atoms with E-state index in [0.29, 0.717) is 19.3 Å². The average Bonchev–Trinajstić information content (AvgIpc) is 2.05. The van der Waals surface area contributed by atoms with E-state index in [-0.39, 0.29) is 5.78 Å². The maximum absolute atomic E-state index is 11.4. The van der Waals surface area contributed by atoms with Crippen molar-refractivity contribution < 1.29 is 9.59 Å². The Morgan fingerprint density at radius 2 is 2.08 bits per heavy atom. The molecule has 0 amide bonds. The van der Waals surface area contributed by atoms with Crippen molar-refractivity contribution in [3.8, 4) is 0 Å². The fourth-order valence-electron chi connectivity index (χ4n) is 0.782. The zero-order valence-corrected chi connectivity index (χ0v) is 7.80. The molecular formula is C10H16O2. The third kappa shape index (κ3) is 3.46. The molecule has 0 aromatic carbocycles. The molecule has 0 aliphatic carbocycles. The zero-order chi connectivity index (χ0) is 9.61. The molecule has 0 unspecified atom stereocenters. The number of carbonyl (C=O) groups excluding carboxylic acids is 2. The van der Waals surface area contributed by atoms with Gasteiger partial charge in [-0.1, -0.05) is 6.08 Å². The maximum Gasteiger partial charge on any atom is 0.142 e. The molecule has 2 nitrogen and oxygen atoms in total. The van der Waals surface area contributed by atoms with Gasteiger partial charge in [0.15, 0.2) is 0 Å². The minimum atomic E-state index is -0.442. The Bertz CT molecular complexity index is 180. The Balaban J connectivity index is 3.87. The molecule has 0 atom stereocenters. The fourth-order valence-corrected chi connectivity index (χ4v) is 0.782. The second kappa shape index (κ2) is 4.86. The summed E-state index contributed by atoms with van der Waals surface area (Å²) in [7, 11) is 0. The standard InChI is InChI=1S/C10H16O2/c1-4-10(2,3)9(12)7-5-6-8-11/h4,8H,1,5-7H2,2-3H3. The van der Waals surface area contributed by atoms with Gasteiger partial charge in [-0.25, -0.2) is 0 Å². The number of hydrogen-bond donors (Lipinski definition) is 0. The molecular weight excluding hydrogens is 152 g/mol. The molecule has 0 saturated carbocycles. The highest BCUT2D eigenvalue weighted by atomic mass is 16.1. The van der Waals surface area contributed by atoms with Gasteiger partial charge in [-0.05, 0) is 20.3 Å². The minimum Gasteiger partial charge on any atom is -0.303 e. The van der Waals surface area contributed by atoms with E-state index in [1.807, 2.05) is 13.8 Å². The molecule has 0 aliphatic rings. The Kier molecular flexibility index (Phi) is 4.49. The predicted octanol–water partition coefficient (Wildman–Crippen LogP) is 2.14.